The van der Waals surface area contributed by atoms with Crippen LogP contribution in [-0.2, 0) is 4.79 Å². The van der Waals surface area contributed by atoms with Crippen molar-refractivity contribution in [3.8, 4) is 0 Å². The number of carbonyl (C=O) groups is 2. The second-order valence-electron chi connectivity index (χ2n) is 7.80. The van der Waals surface area contributed by atoms with Crippen molar-refractivity contribution in [1.82, 2.24) is 10.2 Å². The van der Waals surface area contributed by atoms with E-state index in [0.717, 1.165) is 25.7 Å². The Balaban J connectivity index is 1.76. The summed E-state index contributed by atoms with van der Waals surface area (Å²) in [7, 11) is 0. The number of hydrogen-bond acceptors (Lipinski definition) is 3. The van der Waals surface area contributed by atoms with Gasteiger partial charge in [0.2, 0.25) is 5.91 Å². The van der Waals surface area contributed by atoms with Crippen LogP contribution in [0.1, 0.15) is 56.3 Å². The summed E-state index contributed by atoms with van der Waals surface area (Å²) in [5.41, 5.74) is -0.365. The molecule has 1 aliphatic heterocycles. The summed E-state index contributed by atoms with van der Waals surface area (Å²) in [4.78, 5) is 26.5. The van der Waals surface area contributed by atoms with Gasteiger partial charge in [0.05, 0.1) is 17.7 Å². The van der Waals surface area contributed by atoms with Gasteiger partial charge in [-0.3, -0.25) is 9.59 Å². The van der Waals surface area contributed by atoms with E-state index in [4.69, 9.17) is 0 Å². The van der Waals surface area contributed by atoms with Crippen LogP contribution in [0.5, 0.6) is 0 Å². The first kappa shape index (κ1) is 18.8. The van der Waals surface area contributed by atoms with Crippen molar-refractivity contribution < 1.29 is 19.1 Å². The van der Waals surface area contributed by atoms with Crippen LogP contribution in [-0.4, -0.2) is 46.6 Å². The van der Waals surface area contributed by atoms with Crippen LogP contribution < -0.4 is 5.32 Å². The standard InChI is InChI=1S/C20H27FN2O3/c1-13(24)23-14(11-20(2)17(23)9-5-6-10-18(20)25)12-22-19(26)15-7-3-4-8-16(15)21/h3-4,7-8,14,17-18,25H,5-6,9-12H2,1-2H3,(H,22,26)/t14-,17-,18+,20-/m1/s1. The lowest BCUT2D eigenvalue weighted by atomic mass is 9.75. The van der Waals surface area contributed by atoms with E-state index in [1.54, 1.807) is 6.07 Å². The summed E-state index contributed by atoms with van der Waals surface area (Å²) in [6, 6.07) is 5.64. The van der Waals surface area contributed by atoms with Crippen LogP contribution >= 0.6 is 0 Å². The van der Waals surface area contributed by atoms with E-state index in [2.05, 4.69) is 5.32 Å². The fourth-order valence-corrected chi connectivity index (χ4v) is 4.74. The predicted molar refractivity (Wildman–Crippen MR) is 96.0 cm³/mol. The number of carbonyl (C=O) groups excluding carboxylic acids is 2. The largest absolute Gasteiger partial charge is 0.392 e. The molecule has 0 spiro atoms. The predicted octanol–water partition coefficient (Wildman–Crippen LogP) is 2.49. The third kappa shape index (κ3) is 3.34. The number of fused-ring (bicyclic) bond motifs is 1. The maximum Gasteiger partial charge on any atom is 0.254 e. The first-order chi connectivity index (χ1) is 12.3. The van der Waals surface area contributed by atoms with Gasteiger partial charge in [-0.25, -0.2) is 4.39 Å². The maximum atomic E-state index is 13.8. The lowest BCUT2D eigenvalue weighted by molar-refractivity contribution is -0.133. The second kappa shape index (κ2) is 7.35. The Hall–Kier alpha value is -1.95. The number of aliphatic hydroxyl groups excluding tert-OH is 1. The molecule has 1 heterocycles. The molecule has 142 valence electrons. The normalized spacial score (nSPS) is 31.2. The molecule has 4 atom stereocenters. The number of rotatable bonds is 3. The van der Waals surface area contributed by atoms with Crippen LogP contribution in [0.3, 0.4) is 0 Å². The molecule has 1 aromatic rings. The zero-order valence-electron chi connectivity index (χ0n) is 15.4. The van der Waals surface area contributed by atoms with Gasteiger partial charge in [-0.1, -0.05) is 31.9 Å². The molecule has 2 aliphatic rings. The third-order valence-electron chi connectivity index (χ3n) is 6.11. The first-order valence-corrected chi connectivity index (χ1v) is 9.34. The molecule has 0 unspecified atom stereocenters. The Kier molecular flexibility index (Phi) is 5.32. The number of benzene rings is 1. The summed E-state index contributed by atoms with van der Waals surface area (Å²) < 4.78 is 13.8. The van der Waals surface area contributed by atoms with Gasteiger partial charge in [-0.2, -0.15) is 0 Å². The molecule has 26 heavy (non-hydrogen) atoms. The molecule has 0 bridgehead atoms. The van der Waals surface area contributed by atoms with E-state index >= 15 is 0 Å². The molecule has 6 heteroatoms. The number of likely N-dealkylation sites (tertiary alicyclic amines) is 1. The third-order valence-corrected chi connectivity index (χ3v) is 6.11. The van der Waals surface area contributed by atoms with Crippen LogP contribution in [0.2, 0.25) is 0 Å². The SMILES string of the molecule is CC(=O)N1[C@@H](CNC(=O)c2ccccc2F)C[C@@]2(C)[C@@H](O)CCCC[C@@H]12. The average molecular weight is 362 g/mol. The Morgan fingerprint density at radius 2 is 2.00 bits per heavy atom. The zero-order valence-corrected chi connectivity index (χ0v) is 15.4. The van der Waals surface area contributed by atoms with Crippen molar-refractivity contribution >= 4 is 11.8 Å². The molecule has 5 nitrogen and oxygen atoms in total. The topological polar surface area (TPSA) is 69.6 Å². The van der Waals surface area contributed by atoms with Gasteiger partial charge in [0.1, 0.15) is 5.82 Å². The van der Waals surface area contributed by atoms with Crippen molar-refractivity contribution in [1.29, 1.82) is 0 Å². The Labute approximate surface area is 153 Å². The minimum atomic E-state index is -0.563. The van der Waals surface area contributed by atoms with Gasteiger partial charge in [0.15, 0.2) is 0 Å². The highest BCUT2D eigenvalue weighted by Gasteiger charge is 2.54. The van der Waals surface area contributed by atoms with Gasteiger partial charge in [-0.15, -0.1) is 0 Å². The highest BCUT2D eigenvalue weighted by atomic mass is 19.1. The second-order valence-corrected chi connectivity index (χ2v) is 7.80. The summed E-state index contributed by atoms with van der Waals surface area (Å²) in [6.07, 6.45) is 3.74. The van der Waals surface area contributed by atoms with Crippen molar-refractivity contribution in [2.75, 3.05) is 6.54 Å². The molecule has 1 saturated carbocycles. The Morgan fingerprint density at radius 1 is 1.31 bits per heavy atom. The lowest BCUT2D eigenvalue weighted by Crippen LogP contribution is -2.48. The van der Waals surface area contributed by atoms with Crippen molar-refractivity contribution in [3.63, 3.8) is 0 Å². The van der Waals surface area contributed by atoms with E-state index < -0.39 is 17.8 Å². The summed E-state index contributed by atoms with van der Waals surface area (Å²) in [5.74, 6) is -1.09. The van der Waals surface area contributed by atoms with Crippen molar-refractivity contribution in [2.24, 2.45) is 5.41 Å². The molecule has 2 fully saturated rings. The van der Waals surface area contributed by atoms with Crippen LogP contribution in [0.15, 0.2) is 24.3 Å². The highest BCUT2D eigenvalue weighted by molar-refractivity contribution is 5.94. The number of halogens is 1. The van der Waals surface area contributed by atoms with Gasteiger partial charge in [-0.05, 0) is 31.4 Å². The van der Waals surface area contributed by atoms with Gasteiger partial charge >= 0.3 is 0 Å². The molecule has 2 N–H and O–H groups in total. The molecule has 1 saturated heterocycles. The number of amides is 2. The average Bonchev–Trinajstić information content (AvgIpc) is 2.82. The van der Waals surface area contributed by atoms with Crippen LogP contribution in [0.25, 0.3) is 0 Å². The first-order valence-electron chi connectivity index (χ1n) is 9.34. The van der Waals surface area contributed by atoms with Crippen molar-refractivity contribution in [2.45, 2.75) is 64.1 Å². The number of nitrogens with one attached hydrogen (secondary N) is 1. The lowest BCUT2D eigenvalue weighted by Gasteiger charge is -2.37. The fraction of sp³-hybridized carbons (Fsp3) is 0.600. The zero-order chi connectivity index (χ0) is 18.9. The summed E-state index contributed by atoms with van der Waals surface area (Å²) in [6.45, 7) is 3.84. The van der Waals surface area contributed by atoms with Crippen molar-refractivity contribution in [3.05, 3.63) is 35.6 Å². The Morgan fingerprint density at radius 3 is 2.69 bits per heavy atom. The highest BCUT2D eigenvalue weighted by Crippen LogP contribution is 2.48. The van der Waals surface area contributed by atoms with E-state index in [1.165, 1.54) is 25.1 Å². The minimum Gasteiger partial charge on any atom is -0.392 e. The van der Waals surface area contributed by atoms with Gasteiger partial charge in [0, 0.05) is 24.9 Å². The molecule has 0 aromatic heterocycles. The summed E-state index contributed by atoms with van der Waals surface area (Å²) in [5, 5.41) is 13.4. The van der Waals surface area contributed by atoms with Gasteiger partial charge in [0.25, 0.3) is 5.91 Å². The van der Waals surface area contributed by atoms with E-state index in [9.17, 15) is 19.1 Å². The molecular weight excluding hydrogens is 335 g/mol. The quantitative estimate of drug-likeness (QED) is 0.868. The smallest absolute Gasteiger partial charge is 0.254 e. The summed E-state index contributed by atoms with van der Waals surface area (Å²) >= 11 is 0. The van der Waals surface area contributed by atoms with E-state index in [1.807, 2.05) is 11.8 Å². The molecule has 1 aliphatic carbocycles. The molecule has 3 rings (SSSR count). The number of hydrogen-bond donors (Lipinski definition) is 2. The Bertz CT molecular complexity index is 695. The molecular formula is C20H27FN2O3. The van der Waals surface area contributed by atoms with E-state index in [0.29, 0.717) is 6.42 Å². The fourth-order valence-electron chi connectivity index (χ4n) is 4.74. The van der Waals surface area contributed by atoms with E-state index in [-0.39, 0.29) is 35.5 Å². The molecule has 0 radical (unpaired) electrons. The molecule has 2 amide bonds. The maximum absolute atomic E-state index is 13.8. The monoisotopic (exact) mass is 362 g/mol. The van der Waals surface area contributed by atoms with Gasteiger partial charge < -0.3 is 15.3 Å². The molecule has 1 aromatic carbocycles. The van der Waals surface area contributed by atoms with Crippen LogP contribution in [0.4, 0.5) is 4.39 Å². The number of nitrogens with zero attached hydrogens (tertiary/aromatic N) is 1. The number of aliphatic hydroxyl groups is 1. The minimum absolute atomic E-state index is 0.000310. The van der Waals surface area contributed by atoms with Crippen LogP contribution in [0, 0.1) is 11.2 Å².